The topological polar surface area (TPSA) is 93.7 Å². The Morgan fingerprint density at radius 3 is 2.48 bits per heavy atom. The summed E-state index contributed by atoms with van der Waals surface area (Å²) in [5.41, 5.74) is 0.926. The normalized spacial score (nSPS) is 9.84. The van der Waals surface area contributed by atoms with E-state index in [1.165, 1.54) is 20.3 Å². The standard InChI is InChI=1S/C18H18N2O5/c1-24-13-7-5-6-12(10-13)17(22)19-11-16(21)20-15-9-4-3-8-14(15)18(23)25-2/h3-10H,11H2,1-2H3,(H,19,22)(H,20,21). The predicted octanol–water partition coefficient (Wildman–Crippen LogP) is 1.85. The van der Waals surface area contributed by atoms with Crippen molar-refractivity contribution in [2.45, 2.75) is 0 Å². The number of amides is 2. The maximum absolute atomic E-state index is 12.1. The summed E-state index contributed by atoms with van der Waals surface area (Å²) >= 11 is 0. The zero-order valence-corrected chi connectivity index (χ0v) is 13.9. The van der Waals surface area contributed by atoms with Gasteiger partial charge in [0.25, 0.3) is 5.91 Å². The first kappa shape index (κ1) is 18.0. The number of methoxy groups -OCH3 is 2. The molecule has 7 nitrogen and oxygen atoms in total. The van der Waals surface area contributed by atoms with Gasteiger partial charge in [0.1, 0.15) is 5.75 Å². The third-order valence-corrected chi connectivity index (χ3v) is 3.35. The first-order chi connectivity index (χ1) is 12.0. The van der Waals surface area contributed by atoms with Gasteiger partial charge in [0.15, 0.2) is 0 Å². The van der Waals surface area contributed by atoms with Gasteiger partial charge in [0.2, 0.25) is 5.91 Å². The lowest BCUT2D eigenvalue weighted by atomic mass is 10.2. The van der Waals surface area contributed by atoms with Gasteiger partial charge in [-0.3, -0.25) is 9.59 Å². The van der Waals surface area contributed by atoms with Crippen LogP contribution in [0.15, 0.2) is 48.5 Å². The molecular weight excluding hydrogens is 324 g/mol. The van der Waals surface area contributed by atoms with E-state index < -0.39 is 17.8 Å². The van der Waals surface area contributed by atoms with Crippen LogP contribution in [0, 0.1) is 0 Å². The van der Waals surface area contributed by atoms with E-state index in [0.717, 1.165) is 0 Å². The second-order valence-corrected chi connectivity index (χ2v) is 5.00. The minimum absolute atomic E-state index is 0.234. The number of anilines is 1. The van der Waals surface area contributed by atoms with Crippen molar-refractivity contribution in [3.05, 3.63) is 59.7 Å². The molecule has 0 fully saturated rings. The van der Waals surface area contributed by atoms with Crippen molar-refractivity contribution < 1.29 is 23.9 Å². The molecule has 0 heterocycles. The number of hydrogen-bond donors (Lipinski definition) is 2. The van der Waals surface area contributed by atoms with Crippen LogP contribution in [0.1, 0.15) is 20.7 Å². The molecule has 0 spiro atoms. The van der Waals surface area contributed by atoms with Gasteiger partial charge in [-0.05, 0) is 30.3 Å². The number of carbonyl (C=O) groups is 3. The molecule has 2 amide bonds. The van der Waals surface area contributed by atoms with Gasteiger partial charge >= 0.3 is 5.97 Å². The van der Waals surface area contributed by atoms with Crippen LogP contribution in [0.4, 0.5) is 5.69 Å². The van der Waals surface area contributed by atoms with Crippen molar-refractivity contribution in [2.24, 2.45) is 0 Å². The van der Waals surface area contributed by atoms with Gasteiger partial charge in [-0.25, -0.2) is 4.79 Å². The molecule has 0 saturated heterocycles. The summed E-state index contributed by atoms with van der Waals surface area (Å²) in [4.78, 5) is 35.8. The van der Waals surface area contributed by atoms with Gasteiger partial charge < -0.3 is 20.1 Å². The Labute approximate surface area is 144 Å². The Balaban J connectivity index is 1.97. The number of benzene rings is 2. The van der Waals surface area contributed by atoms with Crippen molar-refractivity contribution in [3.8, 4) is 5.75 Å². The van der Waals surface area contributed by atoms with Gasteiger partial charge in [-0.1, -0.05) is 18.2 Å². The quantitative estimate of drug-likeness (QED) is 0.782. The summed E-state index contributed by atoms with van der Waals surface area (Å²) in [6.07, 6.45) is 0. The van der Waals surface area contributed by atoms with Crippen LogP contribution in [0.5, 0.6) is 5.75 Å². The molecule has 25 heavy (non-hydrogen) atoms. The van der Waals surface area contributed by atoms with Crippen LogP contribution in [-0.2, 0) is 9.53 Å². The molecule has 2 N–H and O–H groups in total. The molecule has 2 rings (SSSR count). The second-order valence-electron chi connectivity index (χ2n) is 5.00. The number of esters is 1. The van der Waals surface area contributed by atoms with Crippen molar-refractivity contribution in [1.82, 2.24) is 5.32 Å². The number of ether oxygens (including phenoxy) is 2. The monoisotopic (exact) mass is 342 g/mol. The first-order valence-corrected chi connectivity index (χ1v) is 7.44. The van der Waals surface area contributed by atoms with Crippen LogP contribution in [0.2, 0.25) is 0 Å². The summed E-state index contributed by atoms with van der Waals surface area (Å²) in [5.74, 6) is -0.886. The average Bonchev–Trinajstić information content (AvgIpc) is 2.66. The highest BCUT2D eigenvalue weighted by molar-refractivity contribution is 6.03. The maximum Gasteiger partial charge on any atom is 0.339 e. The van der Waals surface area contributed by atoms with Crippen molar-refractivity contribution in [2.75, 3.05) is 26.1 Å². The number of nitrogens with one attached hydrogen (secondary N) is 2. The summed E-state index contributed by atoms with van der Waals surface area (Å²) in [6, 6.07) is 13.0. The Morgan fingerprint density at radius 1 is 1.00 bits per heavy atom. The van der Waals surface area contributed by atoms with Gasteiger partial charge in [-0.15, -0.1) is 0 Å². The Morgan fingerprint density at radius 2 is 1.76 bits per heavy atom. The fourth-order valence-electron chi connectivity index (χ4n) is 2.10. The third-order valence-electron chi connectivity index (χ3n) is 3.35. The summed E-state index contributed by atoms with van der Waals surface area (Å²) in [7, 11) is 2.76. The molecule has 0 unspecified atom stereocenters. The lowest BCUT2D eigenvalue weighted by molar-refractivity contribution is -0.115. The van der Waals surface area contributed by atoms with E-state index in [0.29, 0.717) is 17.0 Å². The first-order valence-electron chi connectivity index (χ1n) is 7.44. The largest absolute Gasteiger partial charge is 0.497 e. The smallest absolute Gasteiger partial charge is 0.339 e. The molecule has 0 aliphatic rings. The fourth-order valence-corrected chi connectivity index (χ4v) is 2.10. The van der Waals surface area contributed by atoms with Crippen LogP contribution in [0.3, 0.4) is 0 Å². The second kappa shape index (κ2) is 8.49. The zero-order chi connectivity index (χ0) is 18.2. The molecular formula is C18H18N2O5. The average molecular weight is 342 g/mol. The van der Waals surface area contributed by atoms with Crippen LogP contribution in [0.25, 0.3) is 0 Å². The van der Waals surface area contributed by atoms with Crippen molar-refractivity contribution >= 4 is 23.5 Å². The molecule has 0 atom stereocenters. The van der Waals surface area contributed by atoms with E-state index in [1.54, 1.807) is 42.5 Å². The highest BCUT2D eigenvalue weighted by Gasteiger charge is 2.14. The molecule has 7 heteroatoms. The Bertz CT molecular complexity index is 789. The van der Waals surface area contributed by atoms with E-state index in [1.807, 2.05) is 0 Å². The Hall–Kier alpha value is -3.35. The number of para-hydroxylation sites is 1. The highest BCUT2D eigenvalue weighted by atomic mass is 16.5. The van der Waals surface area contributed by atoms with Crippen LogP contribution >= 0.6 is 0 Å². The van der Waals surface area contributed by atoms with Gasteiger partial charge in [0.05, 0.1) is 32.0 Å². The molecule has 2 aromatic carbocycles. The third kappa shape index (κ3) is 4.81. The summed E-state index contributed by atoms with van der Waals surface area (Å²) < 4.78 is 9.72. The minimum atomic E-state index is -0.559. The van der Waals surface area contributed by atoms with E-state index >= 15 is 0 Å². The maximum atomic E-state index is 12.1. The van der Waals surface area contributed by atoms with Crippen LogP contribution in [-0.4, -0.2) is 38.5 Å². The van der Waals surface area contributed by atoms with E-state index in [2.05, 4.69) is 15.4 Å². The molecule has 0 aromatic heterocycles. The SMILES string of the molecule is COC(=O)c1ccccc1NC(=O)CNC(=O)c1cccc(OC)c1. The molecule has 130 valence electrons. The van der Waals surface area contributed by atoms with E-state index in [9.17, 15) is 14.4 Å². The van der Waals surface area contributed by atoms with Crippen molar-refractivity contribution in [3.63, 3.8) is 0 Å². The molecule has 0 bridgehead atoms. The molecule has 2 aromatic rings. The summed E-state index contributed by atoms with van der Waals surface area (Å²) in [6.45, 7) is -0.244. The number of carbonyl (C=O) groups excluding carboxylic acids is 3. The predicted molar refractivity (Wildman–Crippen MR) is 91.7 cm³/mol. The minimum Gasteiger partial charge on any atom is -0.497 e. The van der Waals surface area contributed by atoms with Gasteiger partial charge in [0, 0.05) is 5.56 Å². The molecule has 0 aliphatic carbocycles. The lowest BCUT2D eigenvalue weighted by Gasteiger charge is -2.10. The molecule has 0 aliphatic heterocycles. The lowest BCUT2D eigenvalue weighted by Crippen LogP contribution is -2.33. The Kier molecular flexibility index (Phi) is 6.11. The molecule has 0 radical (unpaired) electrons. The fraction of sp³-hybridized carbons (Fsp3) is 0.167. The van der Waals surface area contributed by atoms with Gasteiger partial charge in [-0.2, -0.15) is 0 Å². The van der Waals surface area contributed by atoms with E-state index in [-0.39, 0.29) is 12.1 Å². The summed E-state index contributed by atoms with van der Waals surface area (Å²) in [5, 5.41) is 5.09. The molecule has 0 saturated carbocycles. The van der Waals surface area contributed by atoms with E-state index in [4.69, 9.17) is 4.74 Å². The number of hydrogen-bond acceptors (Lipinski definition) is 5. The van der Waals surface area contributed by atoms with Crippen molar-refractivity contribution in [1.29, 1.82) is 0 Å². The zero-order valence-electron chi connectivity index (χ0n) is 13.9. The van der Waals surface area contributed by atoms with Crippen LogP contribution < -0.4 is 15.4 Å². The highest BCUT2D eigenvalue weighted by Crippen LogP contribution is 2.16. The number of rotatable bonds is 6.